The molecule has 0 aromatic heterocycles. The molecule has 0 spiro atoms. The molecule has 5 heteroatoms. The smallest absolute Gasteiger partial charge is 0.404 e. The van der Waals surface area contributed by atoms with Gasteiger partial charge in [-0.1, -0.05) is 12.1 Å². The summed E-state index contributed by atoms with van der Waals surface area (Å²) in [6, 6.07) is 7.36. The van der Waals surface area contributed by atoms with E-state index < -0.39 is 6.95 Å². The van der Waals surface area contributed by atoms with Gasteiger partial charge in [0, 0.05) is 11.2 Å². The minimum Gasteiger partial charge on any atom is -0.404 e. The Morgan fingerprint density at radius 3 is 1.39 bits per heavy atom. The van der Waals surface area contributed by atoms with E-state index in [0.29, 0.717) is 11.5 Å². The minimum absolute atomic E-state index is 0.480. The van der Waals surface area contributed by atoms with Gasteiger partial charge in [0.05, 0.1) is 0 Å². The molecule has 0 fully saturated rings. The van der Waals surface area contributed by atoms with Gasteiger partial charge in [0.2, 0.25) is 0 Å². The van der Waals surface area contributed by atoms with Gasteiger partial charge in [-0.25, -0.2) is 4.57 Å². The van der Waals surface area contributed by atoms with Crippen LogP contribution >= 0.6 is 18.2 Å². The monoisotopic (exact) mass is 352 g/mol. The summed E-state index contributed by atoms with van der Waals surface area (Å²) < 4.78 is 23.6. The molecule has 0 radical (unpaired) electrons. The number of hydrogen-bond donors (Lipinski definition) is 0. The van der Waals surface area contributed by atoms with Gasteiger partial charge in [-0.3, -0.25) is 0 Å². The molecule has 0 aliphatic heterocycles. The molecule has 0 atom stereocenters. The van der Waals surface area contributed by atoms with Crippen molar-refractivity contribution in [1.82, 2.24) is 0 Å². The summed E-state index contributed by atoms with van der Waals surface area (Å²) in [5.74, 6) is 0.959. The van der Waals surface area contributed by atoms with Crippen molar-refractivity contribution >= 4 is 18.2 Å². The number of hydrogen-bond acceptors (Lipinski definition) is 3. The van der Waals surface area contributed by atoms with Crippen molar-refractivity contribution in [1.29, 1.82) is 0 Å². The van der Waals surface area contributed by atoms with Crippen LogP contribution in [0.2, 0.25) is 0 Å². The van der Waals surface area contributed by atoms with Gasteiger partial charge in [0.1, 0.15) is 11.5 Å². The van der Waals surface area contributed by atoms with E-state index in [-0.39, 0.29) is 0 Å². The molecule has 0 unspecified atom stereocenters. The van der Waals surface area contributed by atoms with Gasteiger partial charge in [0.15, 0.2) is 0 Å². The fourth-order valence-electron chi connectivity index (χ4n) is 2.31. The highest BCUT2D eigenvalue weighted by molar-refractivity contribution is 7.82. The highest BCUT2D eigenvalue weighted by Gasteiger charge is 2.27. The van der Waals surface area contributed by atoms with Gasteiger partial charge < -0.3 is 9.05 Å². The number of rotatable bonds is 4. The quantitative estimate of drug-likeness (QED) is 0.602. The Hall–Kier alpha value is -1.44. The van der Waals surface area contributed by atoms with E-state index in [9.17, 15) is 4.57 Å². The number of halogens is 1. The Bertz CT molecular complexity index is 736. The minimum atomic E-state index is -3.79. The van der Waals surface area contributed by atoms with Gasteiger partial charge in [-0.15, -0.1) is 0 Å². The van der Waals surface area contributed by atoms with E-state index in [1.807, 2.05) is 53.7 Å². The van der Waals surface area contributed by atoms with E-state index in [1.165, 1.54) is 0 Å². The van der Waals surface area contributed by atoms with Gasteiger partial charge in [-0.2, -0.15) is 0 Å². The van der Waals surface area contributed by atoms with Gasteiger partial charge >= 0.3 is 6.95 Å². The lowest BCUT2D eigenvalue weighted by molar-refractivity contribution is 0.404. The first-order chi connectivity index (χ1) is 10.6. The second-order valence-corrected chi connectivity index (χ2v) is 8.34. The molecular formula is C18H22ClO3P. The Labute approximate surface area is 142 Å². The lowest BCUT2D eigenvalue weighted by Crippen LogP contribution is -2.00. The van der Waals surface area contributed by atoms with Crippen molar-refractivity contribution < 1.29 is 13.6 Å². The van der Waals surface area contributed by atoms with Crippen LogP contribution in [0.15, 0.2) is 24.3 Å². The summed E-state index contributed by atoms with van der Waals surface area (Å²) in [7, 11) is 0. The Morgan fingerprint density at radius 2 is 1.04 bits per heavy atom. The largest absolute Gasteiger partial charge is 0.530 e. The normalized spacial score (nSPS) is 11.4. The standard InChI is InChI=1S/C18H22ClO3P/c1-11-7-9-17(15(5)13(11)3)21-23(19,20)22-18-10-8-12(2)14(4)16(18)6/h7-10H,1-6H3. The molecule has 2 aromatic carbocycles. The summed E-state index contributed by atoms with van der Waals surface area (Å²) in [5.41, 5.74) is 6.27. The fourth-order valence-corrected chi connectivity index (χ4v) is 3.66. The maximum atomic E-state index is 12.6. The average molecular weight is 353 g/mol. The summed E-state index contributed by atoms with van der Waals surface area (Å²) in [6.45, 7) is 8.05. The molecular weight excluding hydrogens is 331 g/mol. The van der Waals surface area contributed by atoms with E-state index in [1.54, 1.807) is 12.1 Å². The summed E-state index contributed by atoms with van der Waals surface area (Å²) in [4.78, 5) is 0. The zero-order valence-corrected chi connectivity index (χ0v) is 16.0. The van der Waals surface area contributed by atoms with Crippen molar-refractivity contribution in [2.45, 2.75) is 41.5 Å². The van der Waals surface area contributed by atoms with Crippen LogP contribution in [0.3, 0.4) is 0 Å². The Balaban J connectivity index is 2.29. The molecule has 0 saturated heterocycles. The highest BCUT2D eigenvalue weighted by atomic mass is 35.7. The molecule has 0 bridgehead atoms. The van der Waals surface area contributed by atoms with Crippen molar-refractivity contribution in [3.05, 3.63) is 57.6 Å². The van der Waals surface area contributed by atoms with E-state index in [4.69, 9.17) is 20.3 Å². The third kappa shape index (κ3) is 3.91. The Kier molecular flexibility index (Phi) is 5.13. The first-order valence-corrected chi connectivity index (χ1v) is 9.89. The first-order valence-electron chi connectivity index (χ1n) is 7.45. The first kappa shape index (κ1) is 17.9. The fraction of sp³-hybridized carbons (Fsp3) is 0.333. The molecule has 0 aliphatic rings. The van der Waals surface area contributed by atoms with E-state index in [0.717, 1.165) is 33.4 Å². The maximum absolute atomic E-state index is 12.6. The van der Waals surface area contributed by atoms with Crippen molar-refractivity contribution in [2.24, 2.45) is 0 Å². The van der Waals surface area contributed by atoms with Crippen LogP contribution in [0.4, 0.5) is 0 Å². The van der Waals surface area contributed by atoms with Gasteiger partial charge in [-0.05, 0) is 87.1 Å². The molecule has 124 valence electrons. The predicted molar refractivity (Wildman–Crippen MR) is 96.0 cm³/mol. The zero-order valence-electron chi connectivity index (χ0n) is 14.4. The summed E-state index contributed by atoms with van der Waals surface area (Å²) in [5, 5.41) is 0. The van der Waals surface area contributed by atoms with Crippen LogP contribution in [0.25, 0.3) is 0 Å². The van der Waals surface area contributed by atoms with Gasteiger partial charge in [0.25, 0.3) is 0 Å². The number of benzene rings is 2. The van der Waals surface area contributed by atoms with Crippen molar-refractivity contribution in [3.63, 3.8) is 0 Å². The van der Waals surface area contributed by atoms with Crippen LogP contribution in [-0.4, -0.2) is 0 Å². The topological polar surface area (TPSA) is 35.5 Å². The third-order valence-corrected chi connectivity index (χ3v) is 5.67. The van der Waals surface area contributed by atoms with Crippen LogP contribution in [0.1, 0.15) is 33.4 Å². The lowest BCUT2D eigenvalue weighted by atomic mass is 10.0. The van der Waals surface area contributed by atoms with Crippen LogP contribution in [-0.2, 0) is 4.57 Å². The highest BCUT2D eigenvalue weighted by Crippen LogP contribution is 2.54. The van der Waals surface area contributed by atoms with Crippen molar-refractivity contribution in [3.8, 4) is 11.5 Å². The second kappa shape index (κ2) is 6.59. The van der Waals surface area contributed by atoms with Crippen LogP contribution in [0.5, 0.6) is 11.5 Å². The molecule has 0 saturated carbocycles. The van der Waals surface area contributed by atoms with Crippen molar-refractivity contribution in [2.75, 3.05) is 0 Å². The van der Waals surface area contributed by atoms with Crippen LogP contribution < -0.4 is 9.05 Å². The average Bonchev–Trinajstić information content (AvgIpc) is 2.48. The molecule has 0 heterocycles. The molecule has 23 heavy (non-hydrogen) atoms. The molecule has 3 nitrogen and oxygen atoms in total. The molecule has 0 N–H and O–H groups in total. The SMILES string of the molecule is Cc1ccc(OP(=O)(Cl)Oc2ccc(C)c(C)c2C)c(C)c1C. The van der Waals surface area contributed by atoms with E-state index >= 15 is 0 Å². The Morgan fingerprint density at radius 1 is 0.696 bits per heavy atom. The molecule has 0 aliphatic carbocycles. The predicted octanol–water partition coefficient (Wildman–Crippen LogP) is 6.34. The summed E-state index contributed by atoms with van der Waals surface area (Å²) >= 11 is 6.04. The lowest BCUT2D eigenvalue weighted by Gasteiger charge is -2.18. The van der Waals surface area contributed by atoms with Crippen LogP contribution in [0, 0.1) is 41.5 Å². The third-order valence-electron chi connectivity index (χ3n) is 4.43. The second-order valence-electron chi connectivity index (χ2n) is 5.87. The van der Waals surface area contributed by atoms with E-state index in [2.05, 4.69) is 0 Å². The molecule has 2 aromatic rings. The maximum Gasteiger partial charge on any atom is 0.530 e. The molecule has 2 rings (SSSR count). The zero-order chi connectivity index (χ0) is 17.4. The summed E-state index contributed by atoms with van der Waals surface area (Å²) in [6.07, 6.45) is 0. The number of aryl methyl sites for hydroxylation is 2. The molecule has 0 amide bonds.